The number of imidazole rings is 1. The first kappa shape index (κ1) is 10.4. The molecule has 0 atom stereocenters. The fraction of sp³-hybridized carbons (Fsp3) is 0.667. The van der Waals surface area contributed by atoms with E-state index in [0.29, 0.717) is 0 Å². The van der Waals surface area contributed by atoms with E-state index in [1.165, 1.54) is 0 Å². The molecule has 0 aliphatic carbocycles. The molecule has 74 valence electrons. The average molecular weight is 199 g/mol. The van der Waals surface area contributed by atoms with Crippen molar-refractivity contribution in [2.75, 3.05) is 17.7 Å². The summed E-state index contributed by atoms with van der Waals surface area (Å²) in [4.78, 5) is 4.44. The molecule has 13 heavy (non-hydrogen) atoms. The molecule has 0 aliphatic rings. The fourth-order valence-electron chi connectivity index (χ4n) is 1.42. The Kier molecular flexibility index (Phi) is 3.66. The van der Waals surface area contributed by atoms with Gasteiger partial charge in [-0.2, -0.15) is 11.8 Å². The van der Waals surface area contributed by atoms with E-state index in [2.05, 4.69) is 22.7 Å². The molecule has 0 fully saturated rings. The molecule has 1 rings (SSSR count). The second kappa shape index (κ2) is 4.56. The van der Waals surface area contributed by atoms with Crippen molar-refractivity contribution in [1.82, 2.24) is 9.55 Å². The first-order valence-electron chi connectivity index (χ1n) is 4.51. The Balaban J connectivity index is 2.83. The van der Waals surface area contributed by atoms with Crippen LogP contribution in [-0.2, 0) is 13.0 Å². The molecule has 0 aliphatic heterocycles. The molecule has 0 amide bonds. The van der Waals surface area contributed by atoms with Crippen LogP contribution in [0.25, 0.3) is 0 Å². The van der Waals surface area contributed by atoms with Gasteiger partial charge in [0.05, 0.1) is 5.69 Å². The topological polar surface area (TPSA) is 43.8 Å². The van der Waals surface area contributed by atoms with Crippen LogP contribution in [0.3, 0.4) is 0 Å². The smallest absolute Gasteiger partial charge is 0.126 e. The van der Waals surface area contributed by atoms with Crippen LogP contribution in [0.5, 0.6) is 0 Å². The summed E-state index contributed by atoms with van der Waals surface area (Å²) >= 11 is 1.82. The fourth-order valence-corrected chi connectivity index (χ4v) is 1.82. The third-order valence-electron chi connectivity index (χ3n) is 2.13. The summed E-state index contributed by atoms with van der Waals surface area (Å²) in [5.74, 6) is 2.95. The van der Waals surface area contributed by atoms with Crippen LogP contribution in [0.15, 0.2) is 0 Å². The summed E-state index contributed by atoms with van der Waals surface area (Å²) in [5, 5.41) is 0. The minimum atomic E-state index is 0.842. The molecule has 1 aromatic heterocycles. The predicted octanol–water partition coefficient (Wildman–Crippen LogP) is 1.70. The summed E-state index contributed by atoms with van der Waals surface area (Å²) in [7, 11) is 0. The molecular formula is C9H17N3S. The Labute approximate surface area is 83.7 Å². The molecule has 0 spiro atoms. The number of hydrogen-bond acceptors (Lipinski definition) is 3. The third kappa shape index (κ3) is 2.18. The average Bonchev–Trinajstić information content (AvgIpc) is 2.38. The molecule has 1 heterocycles. The number of thioether (sulfide) groups is 1. The Hall–Kier alpha value is -0.640. The highest BCUT2D eigenvalue weighted by atomic mass is 32.2. The first-order chi connectivity index (χ1) is 6.20. The number of aryl methyl sites for hydroxylation is 2. The van der Waals surface area contributed by atoms with Gasteiger partial charge in [0, 0.05) is 13.0 Å². The lowest BCUT2D eigenvalue weighted by Gasteiger charge is -2.02. The van der Waals surface area contributed by atoms with Gasteiger partial charge in [0.15, 0.2) is 0 Å². The number of nitrogens with zero attached hydrogens (tertiary/aromatic N) is 2. The van der Waals surface area contributed by atoms with Crippen molar-refractivity contribution in [2.24, 2.45) is 0 Å². The summed E-state index contributed by atoms with van der Waals surface area (Å²) in [5.41, 5.74) is 7.00. The van der Waals surface area contributed by atoms with Crippen LogP contribution >= 0.6 is 11.8 Å². The molecular weight excluding hydrogens is 182 g/mol. The molecule has 2 N–H and O–H groups in total. The van der Waals surface area contributed by atoms with E-state index in [0.717, 1.165) is 36.1 Å². The van der Waals surface area contributed by atoms with Gasteiger partial charge in [-0.05, 0) is 25.9 Å². The van der Waals surface area contributed by atoms with Gasteiger partial charge in [-0.3, -0.25) is 0 Å². The van der Waals surface area contributed by atoms with Crippen LogP contribution < -0.4 is 5.73 Å². The maximum atomic E-state index is 5.95. The minimum absolute atomic E-state index is 0.842. The van der Waals surface area contributed by atoms with Crippen molar-refractivity contribution in [3.63, 3.8) is 0 Å². The highest BCUT2D eigenvalue weighted by molar-refractivity contribution is 7.98. The van der Waals surface area contributed by atoms with Gasteiger partial charge in [-0.25, -0.2) is 4.98 Å². The second-order valence-electron chi connectivity index (χ2n) is 2.98. The number of hydrogen-bond donors (Lipinski definition) is 1. The van der Waals surface area contributed by atoms with Gasteiger partial charge in [0.1, 0.15) is 11.6 Å². The maximum absolute atomic E-state index is 5.95. The van der Waals surface area contributed by atoms with Crippen LogP contribution in [0.2, 0.25) is 0 Å². The van der Waals surface area contributed by atoms with Crippen LogP contribution in [0, 0.1) is 6.92 Å². The Morgan fingerprint density at radius 2 is 2.23 bits per heavy atom. The zero-order valence-corrected chi connectivity index (χ0v) is 9.32. The van der Waals surface area contributed by atoms with E-state index >= 15 is 0 Å². The Morgan fingerprint density at radius 1 is 1.54 bits per heavy atom. The van der Waals surface area contributed by atoms with Gasteiger partial charge < -0.3 is 10.3 Å². The van der Waals surface area contributed by atoms with Crippen LogP contribution in [0.4, 0.5) is 5.82 Å². The highest BCUT2D eigenvalue weighted by Crippen LogP contribution is 2.15. The Morgan fingerprint density at radius 3 is 2.69 bits per heavy atom. The zero-order valence-electron chi connectivity index (χ0n) is 8.50. The summed E-state index contributed by atoms with van der Waals surface area (Å²) in [6.07, 6.45) is 3.07. The maximum Gasteiger partial charge on any atom is 0.126 e. The number of anilines is 1. The molecule has 0 bridgehead atoms. The monoisotopic (exact) mass is 199 g/mol. The van der Waals surface area contributed by atoms with Crippen LogP contribution in [-0.4, -0.2) is 21.6 Å². The molecule has 0 radical (unpaired) electrons. The van der Waals surface area contributed by atoms with E-state index in [4.69, 9.17) is 5.73 Å². The molecule has 0 aromatic carbocycles. The van der Waals surface area contributed by atoms with Crippen molar-refractivity contribution < 1.29 is 0 Å². The van der Waals surface area contributed by atoms with Gasteiger partial charge in [0.2, 0.25) is 0 Å². The van der Waals surface area contributed by atoms with Gasteiger partial charge in [0.25, 0.3) is 0 Å². The van der Waals surface area contributed by atoms with Gasteiger partial charge in [-0.1, -0.05) is 0 Å². The van der Waals surface area contributed by atoms with E-state index in [-0.39, 0.29) is 0 Å². The number of nitrogen functional groups attached to an aromatic ring is 1. The van der Waals surface area contributed by atoms with Crippen molar-refractivity contribution in [2.45, 2.75) is 26.8 Å². The standard InChI is InChI=1S/C9H17N3S/c1-4-12-7(2)11-8(9(12)10)5-6-13-3/h4-6,10H2,1-3H3. The summed E-state index contributed by atoms with van der Waals surface area (Å²) < 4.78 is 2.05. The lowest BCUT2D eigenvalue weighted by atomic mass is 10.3. The summed E-state index contributed by atoms with van der Waals surface area (Å²) in [6, 6.07) is 0. The highest BCUT2D eigenvalue weighted by Gasteiger charge is 2.09. The lowest BCUT2D eigenvalue weighted by Crippen LogP contribution is -2.03. The quantitative estimate of drug-likeness (QED) is 0.802. The number of aromatic nitrogens is 2. The third-order valence-corrected chi connectivity index (χ3v) is 2.75. The molecule has 0 saturated carbocycles. The van der Waals surface area contributed by atoms with Crippen molar-refractivity contribution in [1.29, 1.82) is 0 Å². The van der Waals surface area contributed by atoms with Crippen LogP contribution in [0.1, 0.15) is 18.4 Å². The van der Waals surface area contributed by atoms with Gasteiger partial charge in [-0.15, -0.1) is 0 Å². The Bertz CT molecular complexity index is 281. The van der Waals surface area contributed by atoms with E-state index in [1.807, 2.05) is 18.7 Å². The summed E-state index contributed by atoms with van der Waals surface area (Å²) in [6.45, 7) is 5.00. The second-order valence-corrected chi connectivity index (χ2v) is 3.96. The van der Waals surface area contributed by atoms with Crippen molar-refractivity contribution in [3.8, 4) is 0 Å². The molecule has 0 saturated heterocycles. The lowest BCUT2D eigenvalue weighted by molar-refractivity contribution is 0.739. The normalized spacial score (nSPS) is 10.7. The number of nitrogens with two attached hydrogens (primary N) is 1. The van der Waals surface area contributed by atoms with E-state index in [1.54, 1.807) is 0 Å². The largest absolute Gasteiger partial charge is 0.384 e. The molecule has 1 aromatic rings. The number of rotatable bonds is 4. The van der Waals surface area contributed by atoms with E-state index < -0.39 is 0 Å². The van der Waals surface area contributed by atoms with Gasteiger partial charge >= 0.3 is 0 Å². The van der Waals surface area contributed by atoms with Crippen molar-refractivity contribution >= 4 is 17.6 Å². The molecule has 0 unspecified atom stereocenters. The van der Waals surface area contributed by atoms with E-state index in [9.17, 15) is 0 Å². The predicted molar refractivity (Wildman–Crippen MR) is 59.1 cm³/mol. The minimum Gasteiger partial charge on any atom is -0.384 e. The molecule has 3 nitrogen and oxygen atoms in total. The van der Waals surface area contributed by atoms with Crippen molar-refractivity contribution in [3.05, 3.63) is 11.5 Å². The SMILES string of the molecule is CCn1c(C)nc(CCSC)c1N. The first-order valence-corrected chi connectivity index (χ1v) is 5.90. The molecule has 4 heteroatoms. The zero-order chi connectivity index (χ0) is 9.84.